The van der Waals surface area contributed by atoms with Gasteiger partial charge in [0.05, 0.1) is 0 Å². The maximum atomic E-state index is 5.99. The molecule has 0 aliphatic rings. The first kappa shape index (κ1) is 13.0. The Hall–Kier alpha value is -1.02. The molecule has 1 rings (SSSR count). The molecule has 90 valence electrons. The Balaban J connectivity index is 2.65. The SMILES string of the molecule is CCCCN(CC)Cc1cc(C)ccc1N. The Morgan fingerprint density at radius 1 is 1.25 bits per heavy atom. The van der Waals surface area contributed by atoms with Crippen LogP contribution in [0.2, 0.25) is 0 Å². The fourth-order valence-electron chi connectivity index (χ4n) is 1.84. The summed E-state index contributed by atoms with van der Waals surface area (Å²) in [6, 6.07) is 6.28. The van der Waals surface area contributed by atoms with Gasteiger partial charge in [-0.3, -0.25) is 4.90 Å². The van der Waals surface area contributed by atoms with Crippen molar-refractivity contribution in [3.8, 4) is 0 Å². The molecule has 0 saturated carbocycles. The van der Waals surface area contributed by atoms with Crippen LogP contribution in [0.15, 0.2) is 18.2 Å². The molecule has 0 heterocycles. The van der Waals surface area contributed by atoms with E-state index in [1.807, 2.05) is 6.07 Å². The van der Waals surface area contributed by atoms with E-state index in [4.69, 9.17) is 5.73 Å². The van der Waals surface area contributed by atoms with E-state index in [1.54, 1.807) is 0 Å². The van der Waals surface area contributed by atoms with Crippen molar-refractivity contribution in [2.45, 2.75) is 40.2 Å². The second-order valence-corrected chi connectivity index (χ2v) is 4.42. The molecule has 16 heavy (non-hydrogen) atoms. The van der Waals surface area contributed by atoms with Crippen LogP contribution in [0.1, 0.15) is 37.8 Å². The summed E-state index contributed by atoms with van der Waals surface area (Å²) in [6.45, 7) is 9.79. The minimum Gasteiger partial charge on any atom is -0.398 e. The Labute approximate surface area is 99.5 Å². The zero-order valence-corrected chi connectivity index (χ0v) is 10.8. The first-order chi connectivity index (χ1) is 7.67. The number of hydrogen-bond donors (Lipinski definition) is 1. The molecule has 0 unspecified atom stereocenters. The predicted molar refractivity (Wildman–Crippen MR) is 71.5 cm³/mol. The standard InChI is InChI=1S/C14H24N2/c1-4-6-9-16(5-2)11-13-10-12(3)7-8-14(13)15/h7-8,10H,4-6,9,11,15H2,1-3H3. The monoisotopic (exact) mass is 220 g/mol. The van der Waals surface area contributed by atoms with Crippen molar-refractivity contribution >= 4 is 5.69 Å². The molecule has 0 radical (unpaired) electrons. The first-order valence-electron chi connectivity index (χ1n) is 6.24. The fourth-order valence-corrected chi connectivity index (χ4v) is 1.84. The Morgan fingerprint density at radius 2 is 2.00 bits per heavy atom. The highest BCUT2D eigenvalue weighted by molar-refractivity contribution is 5.48. The van der Waals surface area contributed by atoms with Crippen LogP contribution >= 0.6 is 0 Å². The number of nitrogens with zero attached hydrogens (tertiary/aromatic N) is 1. The maximum absolute atomic E-state index is 5.99. The molecule has 2 N–H and O–H groups in total. The molecule has 0 fully saturated rings. The highest BCUT2D eigenvalue weighted by atomic mass is 15.1. The molecule has 1 aromatic carbocycles. The van der Waals surface area contributed by atoms with Gasteiger partial charge in [0.1, 0.15) is 0 Å². The van der Waals surface area contributed by atoms with Crippen LogP contribution in [-0.2, 0) is 6.54 Å². The van der Waals surface area contributed by atoms with E-state index in [-0.39, 0.29) is 0 Å². The summed E-state index contributed by atoms with van der Waals surface area (Å²) in [4.78, 5) is 2.45. The number of aryl methyl sites for hydroxylation is 1. The van der Waals surface area contributed by atoms with Crippen molar-refractivity contribution in [1.29, 1.82) is 0 Å². The molecule has 2 heteroatoms. The zero-order valence-electron chi connectivity index (χ0n) is 10.8. The number of unbranched alkanes of at least 4 members (excludes halogenated alkanes) is 1. The molecule has 0 aliphatic heterocycles. The van der Waals surface area contributed by atoms with Gasteiger partial charge in [-0.2, -0.15) is 0 Å². The van der Waals surface area contributed by atoms with Crippen LogP contribution < -0.4 is 5.73 Å². The van der Waals surface area contributed by atoms with E-state index < -0.39 is 0 Å². The predicted octanol–water partition coefficient (Wildman–Crippen LogP) is 3.20. The van der Waals surface area contributed by atoms with Gasteiger partial charge in [0.2, 0.25) is 0 Å². The quantitative estimate of drug-likeness (QED) is 0.746. The normalized spacial score (nSPS) is 11.0. The van der Waals surface area contributed by atoms with Gasteiger partial charge in [-0.05, 0) is 38.1 Å². The van der Waals surface area contributed by atoms with Crippen LogP contribution in [-0.4, -0.2) is 18.0 Å². The number of benzene rings is 1. The Kier molecular flexibility index (Phi) is 5.33. The lowest BCUT2D eigenvalue weighted by atomic mass is 10.1. The van der Waals surface area contributed by atoms with Crippen LogP contribution in [0.5, 0.6) is 0 Å². The second-order valence-electron chi connectivity index (χ2n) is 4.42. The van der Waals surface area contributed by atoms with Crippen molar-refractivity contribution in [3.05, 3.63) is 29.3 Å². The number of rotatable bonds is 6. The van der Waals surface area contributed by atoms with Crippen LogP contribution in [0.25, 0.3) is 0 Å². The van der Waals surface area contributed by atoms with Crippen molar-refractivity contribution in [3.63, 3.8) is 0 Å². The minimum absolute atomic E-state index is 0.917. The molecule has 2 nitrogen and oxygen atoms in total. The van der Waals surface area contributed by atoms with E-state index in [2.05, 4.69) is 37.8 Å². The molecule has 0 atom stereocenters. The first-order valence-corrected chi connectivity index (χ1v) is 6.24. The van der Waals surface area contributed by atoms with Crippen molar-refractivity contribution in [2.24, 2.45) is 0 Å². The van der Waals surface area contributed by atoms with Gasteiger partial charge in [-0.25, -0.2) is 0 Å². The summed E-state index contributed by atoms with van der Waals surface area (Å²) in [5.41, 5.74) is 9.46. The van der Waals surface area contributed by atoms with Gasteiger partial charge >= 0.3 is 0 Å². The third kappa shape index (κ3) is 3.86. The number of nitrogens with two attached hydrogens (primary N) is 1. The van der Waals surface area contributed by atoms with Gasteiger partial charge in [0.15, 0.2) is 0 Å². The molecule has 0 saturated heterocycles. The van der Waals surface area contributed by atoms with Gasteiger partial charge in [-0.1, -0.05) is 38.0 Å². The summed E-state index contributed by atoms with van der Waals surface area (Å²) in [6.07, 6.45) is 2.51. The summed E-state index contributed by atoms with van der Waals surface area (Å²) < 4.78 is 0. The smallest absolute Gasteiger partial charge is 0.0359 e. The minimum atomic E-state index is 0.917. The average molecular weight is 220 g/mol. The van der Waals surface area contributed by atoms with Crippen molar-refractivity contribution in [1.82, 2.24) is 4.90 Å². The van der Waals surface area contributed by atoms with Crippen molar-refractivity contribution in [2.75, 3.05) is 18.8 Å². The lowest BCUT2D eigenvalue weighted by Crippen LogP contribution is -2.24. The lowest BCUT2D eigenvalue weighted by Gasteiger charge is -2.21. The van der Waals surface area contributed by atoms with Crippen LogP contribution in [0.3, 0.4) is 0 Å². The fraction of sp³-hybridized carbons (Fsp3) is 0.571. The largest absolute Gasteiger partial charge is 0.398 e. The molecular weight excluding hydrogens is 196 g/mol. The van der Waals surface area contributed by atoms with Crippen LogP contribution in [0.4, 0.5) is 5.69 Å². The second kappa shape index (κ2) is 6.54. The highest BCUT2D eigenvalue weighted by Gasteiger charge is 2.05. The molecule has 0 aromatic heterocycles. The highest BCUT2D eigenvalue weighted by Crippen LogP contribution is 2.16. The summed E-state index contributed by atoms with van der Waals surface area (Å²) in [7, 11) is 0. The number of hydrogen-bond acceptors (Lipinski definition) is 2. The van der Waals surface area contributed by atoms with Gasteiger partial charge < -0.3 is 5.73 Å². The summed E-state index contributed by atoms with van der Waals surface area (Å²) >= 11 is 0. The van der Waals surface area contributed by atoms with E-state index in [9.17, 15) is 0 Å². The van der Waals surface area contributed by atoms with Crippen molar-refractivity contribution < 1.29 is 0 Å². The van der Waals surface area contributed by atoms with E-state index in [0.29, 0.717) is 0 Å². The van der Waals surface area contributed by atoms with Gasteiger partial charge in [0, 0.05) is 12.2 Å². The van der Waals surface area contributed by atoms with E-state index >= 15 is 0 Å². The topological polar surface area (TPSA) is 29.3 Å². The molecular formula is C14H24N2. The molecule has 0 spiro atoms. The lowest BCUT2D eigenvalue weighted by molar-refractivity contribution is 0.276. The third-order valence-electron chi connectivity index (χ3n) is 2.97. The molecule has 0 aliphatic carbocycles. The summed E-state index contributed by atoms with van der Waals surface area (Å²) in [5, 5.41) is 0. The summed E-state index contributed by atoms with van der Waals surface area (Å²) in [5.74, 6) is 0. The zero-order chi connectivity index (χ0) is 12.0. The average Bonchev–Trinajstić information content (AvgIpc) is 2.28. The van der Waals surface area contributed by atoms with Gasteiger partial charge in [0.25, 0.3) is 0 Å². The maximum Gasteiger partial charge on any atom is 0.0359 e. The van der Waals surface area contributed by atoms with E-state index in [0.717, 1.165) is 18.8 Å². The van der Waals surface area contributed by atoms with E-state index in [1.165, 1.54) is 30.5 Å². The molecule has 0 bridgehead atoms. The number of nitrogen functional groups attached to an aromatic ring is 1. The van der Waals surface area contributed by atoms with Gasteiger partial charge in [-0.15, -0.1) is 0 Å². The third-order valence-corrected chi connectivity index (χ3v) is 2.97. The molecule has 1 aromatic rings. The Morgan fingerprint density at radius 3 is 2.62 bits per heavy atom. The molecule has 0 amide bonds. The Bertz CT molecular complexity index is 321. The number of anilines is 1. The van der Waals surface area contributed by atoms with Crippen LogP contribution in [0, 0.1) is 6.92 Å².